The van der Waals surface area contributed by atoms with Crippen molar-refractivity contribution < 1.29 is 26.1 Å². The Morgan fingerprint density at radius 3 is 1.33 bits per heavy atom. The number of carbonyl (C=O) groups is 2. The van der Waals surface area contributed by atoms with E-state index >= 15 is 0 Å². The van der Waals surface area contributed by atoms with E-state index in [1.807, 2.05) is 71.4 Å². The number of hydrogen-bond donors (Lipinski definition) is 2. The molecule has 2 N–H and O–H groups in total. The van der Waals surface area contributed by atoms with E-state index in [0.717, 1.165) is 41.7 Å². The third-order valence-corrected chi connectivity index (χ3v) is 9.56. The van der Waals surface area contributed by atoms with Crippen molar-refractivity contribution >= 4 is 108 Å². The molecule has 0 spiro atoms. The van der Waals surface area contributed by atoms with Gasteiger partial charge in [-0.15, -0.1) is 22.7 Å². The minimum Gasteiger partial charge on any atom is -0.337 e. The minimum atomic E-state index is -0.0597. The Morgan fingerprint density at radius 1 is 0.578 bits per heavy atom. The number of carbonyl (C=O) groups excluding carboxylic acids is 2. The average molecular weight is 935 g/mol. The van der Waals surface area contributed by atoms with Crippen molar-refractivity contribution in [3.05, 3.63) is 137 Å². The van der Waals surface area contributed by atoms with Crippen LogP contribution in [0.5, 0.6) is 0 Å². The second-order valence-electron chi connectivity index (χ2n) is 9.00. The fourth-order valence-corrected chi connectivity index (χ4v) is 7.71. The molecule has 0 aliphatic heterocycles. The number of thiazole rings is 2. The van der Waals surface area contributed by atoms with Gasteiger partial charge in [-0.1, -0.05) is 92.5 Å². The smallest absolute Gasteiger partial charge is 0.201 e. The molecule has 0 radical (unpaired) electrons. The molecule has 4 aromatic rings. The first-order valence-electron chi connectivity index (χ1n) is 12.8. The van der Waals surface area contributed by atoms with Crippen molar-refractivity contribution in [3.63, 3.8) is 0 Å². The summed E-state index contributed by atoms with van der Waals surface area (Å²) >= 11 is 16.3. The number of ketones is 2. The first kappa shape index (κ1) is 35.3. The molecule has 0 unspecified atom stereocenters. The maximum absolute atomic E-state index is 12.0. The van der Waals surface area contributed by atoms with Crippen molar-refractivity contribution in [1.82, 2.24) is 9.97 Å². The molecule has 2 aromatic heterocycles. The molecule has 0 saturated heterocycles. The summed E-state index contributed by atoms with van der Waals surface area (Å²) < 4.78 is 2.74. The van der Waals surface area contributed by atoms with Crippen LogP contribution >= 0.6 is 86.4 Å². The van der Waals surface area contributed by atoms with Crippen LogP contribution in [-0.4, -0.2) is 21.5 Å². The van der Waals surface area contributed by atoms with Crippen LogP contribution in [0.15, 0.2) is 137 Å². The Balaban J connectivity index is 0.000000200. The summed E-state index contributed by atoms with van der Waals surface area (Å²) in [6.07, 6.45) is 10.3. The number of halogens is 4. The molecule has 0 bridgehead atoms. The second kappa shape index (κ2) is 16.9. The van der Waals surface area contributed by atoms with Crippen LogP contribution in [0.4, 0.5) is 10.3 Å². The number of allylic oxidation sites excluding steroid dienone is 10. The van der Waals surface area contributed by atoms with E-state index in [9.17, 15) is 9.59 Å². The number of hydrogen-bond acceptors (Lipinski definition) is 8. The van der Waals surface area contributed by atoms with E-state index in [2.05, 4.69) is 84.3 Å². The molecular weight excluding hydrogens is 915 g/mol. The Labute approximate surface area is 311 Å². The van der Waals surface area contributed by atoms with Crippen molar-refractivity contribution in [2.75, 3.05) is 10.6 Å². The third-order valence-electron chi connectivity index (χ3n) is 5.92. The third kappa shape index (κ3) is 9.75. The van der Waals surface area contributed by atoms with E-state index in [1.54, 1.807) is 36.7 Å². The fraction of sp³-hybridized carbons (Fsp3) is 0. The average Bonchev–Trinajstić information content (AvgIpc) is 3.71. The van der Waals surface area contributed by atoms with Crippen LogP contribution in [0.25, 0.3) is 22.5 Å². The van der Waals surface area contributed by atoms with E-state index in [4.69, 9.17) is 0 Å². The zero-order valence-electron chi connectivity index (χ0n) is 22.7. The first-order chi connectivity index (χ1) is 21.3. The number of rotatable bonds is 6. The molecule has 2 aliphatic carbocycles. The molecule has 2 aliphatic rings. The van der Waals surface area contributed by atoms with Gasteiger partial charge < -0.3 is 10.6 Å². The second-order valence-corrected chi connectivity index (χ2v) is 14.3. The molecule has 0 amide bonds. The van der Waals surface area contributed by atoms with Gasteiger partial charge in [0.2, 0.25) is 11.6 Å². The molecule has 0 saturated carbocycles. The van der Waals surface area contributed by atoms with Crippen LogP contribution in [0.1, 0.15) is 0 Å². The van der Waals surface area contributed by atoms with E-state index in [1.165, 1.54) is 22.7 Å². The quantitative estimate of drug-likeness (QED) is 0.148. The Hall–Kier alpha value is -2.51. The van der Waals surface area contributed by atoms with Gasteiger partial charge in [0.25, 0.3) is 0 Å². The molecule has 2 heterocycles. The van der Waals surface area contributed by atoms with E-state index < -0.39 is 0 Å². The summed E-state index contributed by atoms with van der Waals surface area (Å²) in [4.78, 5) is 33.1. The molecule has 230 valence electrons. The van der Waals surface area contributed by atoms with Crippen LogP contribution in [0, 0.1) is 0 Å². The maximum atomic E-state index is 12.0. The molecule has 13 heteroatoms. The number of nitrogens with zero attached hydrogens (tertiary/aromatic N) is 2. The van der Waals surface area contributed by atoms with Crippen LogP contribution < -0.4 is 10.6 Å². The van der Waals surface area contributed by atoms with Crippen molar-refractivity contribution in [3.8, 4) is 22.5 Å². The minimum absolute atomic E-state index is 0. The Bertz CT molecular complexity index is 1760. The van der Waals surface area contributed by atoms with Gasteiger partial charge in [0.15, 0.2) is 10.3 Å². The zero-order valence-corrected chi connectivity index (χ0v) is 31.7. The molecule has 2 aromatic carbocycles. The van der Waals surface area contributed by atoms with Gasteiger partial charge in [-0.05, 0) is 56.2 Å². The molecular formula is C32H20Br4N4NiO2S2. The fourth-order valence-electron chi connectivity index (χ4n) is 3.82. The summed E-state index contributed by atoms with van der Waals surface area (Å²) in [5.41, 5.74) is 5.11. The predicted octanol–water partition coefficient (Wildman–Crippen LogP) is 10.5. The van der Waals surface area contributed by atoms with Gasteiger partial charge in [-0.3, -0.25) is 9.59 Å². The van der Waals surface area contributed by atoms with E-state index in [0.29, 0.717) is 20.1 Å². The zero-order chi connectivity index (χ0) is 31.1. The van der Waals surface area contributed by atoms with Gasteiger partial charge >= 0.3 is 0 Å². The molecule has 0 atom stereocenters. The van der Waals surface area contributed by atoms with Crippen molar-refractivity contribution in [2.45, 2.75) is 0 Å². The number of aromatic nitrogens is 2. The normalized spacial score (nSPS) is 16.1. The number of anilines is 2. The van der Waals surface area contributed by atoms with Crippen molar-refractivity contribution in [2.24, 2.45) is 0 Å². The monoisotopic (exact) mass is 930 g/mol. The summed E-state index contributed by atoms with van der Waals surface area (Å²) in [6, 6.07) is 20.0. The predicted molar refractivity (Wildman–Crippen MR) is 197 cm³/mol. The SMILES string of the molecule is O=C1C(Br)=CC(Br)=C/C1=C/Nc1nc(-c2ccccc2)cs1.O=C1C(Br)=CC(Br)=C/C1=C/Nc1nc(-c2ccccc2)cs1.[Ni]. The summed E-state index contributed by atoms with van der Waals surface area (Å²) in [6.45, 7) is 0. The molecule has 6 nitrogen and oxygen atoms in total. The van der Waals surface area contributed by atoms with Gasteiger partial charge in [0.05, 0.1) is 20.4 Å². The van der Waals surface area contributed by atoms with Gasteiger partial charge in [-0.25, -0.2) is 9.97 Å². The number of nitrogens with one attached hydrogen (secondary N) is 2. The topological polar surface area (TPSA) is 84.0 Å². The molecule has 0 fully saturated rings. The summed E-state index contributed by atoms with van der Waals surface area (Å²) in [5.74, 6) is -0.119. The van der Waals surface area contributed by atoms with Gasteiger partial charge in [-0.2, -0.15) is 0 Å². The van der Waals surface area contributed by atoms with Crippen molar-refractivity contribution in [1.29, 1.82) is 0 Å². The van der Waals surface area contributed by atoms with Gasteiger partial charge in [0, 0.05) is 70.9 Å². The number of benzene rings is 2. The molecule has 45 heavy (non-hydrogen) atoms. The standard InChI is InChI=1S/2C16H10Br2N2OS.Ni/c2*17-12-6-11(15(21)13(18)7-12)8-19-16-20-14(9-22-16)10-4-2-1-3-5-10;/h2*1-9H,(H,19,20);/b2*11-8-;. The van der Waals surface area contributed by atoms with Crippen LogP contribution in [-0.2, 0) is 26.1 Å². The largest absolute Gasteiger partial charge is 0.337 e. The maximum Gasteiger partial charge on any atom is 0.201 e. The summed E-state index contributed by atoms with van der Waals surface area (Å²) in [5, 5.41) is 11.6. The number of Topliss-reactive ketones (excluding diaryl/α,β-unsaturated/α-hetero) is 2. The Kier molecular flexibility index (Phi) is 13.3. The first-order valence-corrected chi connectivity index (χ1v) is 17.7. The summed E-state index contributed by atoms with van der Waals surface area (Å²) in [7, 11) is 0. The van der Waals surface area contributed by atoms with E-state index in [-0.39, 0.29) is 28.1 Å². The van der Waals surface area contributed by atoms with Crippen LogP contribution in [0.2, 0.25) is 0 Å². The van der Waals surface area contributed by atoms with Gasteiger partial charge in [0.1, 0.15) is 0 Å². The van der Waals surface area contributed by atoms with Crippen LogP contribution in [0.3, 0.4) is 0 Å². The Morgan fingerprint density at radius 2 is 0.956 bits per heavy atom. The molecule has 6 rings (SSSR count).